The normalized spacial score (nSPS) is 17.1. The molecular formula is C22H26N2O3. The van der Waals surface area contributed by atoms with Gasteiger partial charge in [-0.2, -0.15) is 0 Å². The molecule has 27 heavy (non-hydrogen) atoms. The minimum atomic E-state index is -0.0124. The highest BCUT2D eigenvalue weighted by atomic mass is 16.6. The molecule has 2 aromatic rings. The number of nitrogens with zero attached hydrogens (tertiary/aromatic N) is 2. The van der Waals surface area contributed by atoms with Gasteiger partial charge < -0.3 is 14.5 Å². The Labute approximate surface area is 160 Å². The first kappa shape index (κ1) is 19.0. The minimum Gasteiger partial charge on any atom is -0.489 e. The van der Waals surface area contributed by atoms with Gasteiger partial charge in [0.05, 0.1) is 6.21 Å². The Hall–Kier alpha value is -2.82. The number of benzene rings is 2. The first-order valence-electron chi connectivity index (χ1n) is 9.40. The third-order valence-electron chi connectivity index (χ3n) is 4.60. The summed E-state index contributed by atoms with van der Waals surface area (Å²) in [6.07, 6.45) is 3.86. The lowest BCUT2D eigenvalue weighted by Gasteiger charge is -2.30. The van der Waals surface area contributed by atoms with E-state index in [4.69, 9.17) is 9.57 Å². The van der Waals surface area contributed by atoms with E-state index in [-0.39, 0.29) is 12.5 Å². The van der Waals surface area contributed by atoms with Gasteiger partial charge in [-0.05, 0) is 54.2 Å². The van der Waals surface area contributed by atoms with E-state index < -0.39 is 0 Å². The van der Waals surface area contributed by atoms with Gasteiger partial charge in [-0.1, -0.05) is 42.4 Å². The molecule has 1 saturated heterocycles. The monoisotopic (exact) mass is 366 g/mol. The van der Waals surface area contributed by atoms with Crippen molar-refractivity contribution in [2.75, 3.05) is 19.7 Å². The highest BCUT2D eigenvalue weighted by Crippen LogP contribution is 2.16. The molecule has 2 aromatic carbocycles. The van der Waals surface area contributed by atoms with Crippen LogP contribution in [0.4, 0.5) is 0 Å². The van der Waals surface area contributed by atoms with Gasteiger partial charge in [0.2, 0.25) is 0 Å². The molecule has 0 N–H and O–H groups in total. The number of ether oxygens (including phenoxy) is 1. The predicted octanol–water partition coefficient (Wildman–Crippen LogP) is 3.87. The van der Waals surface area contributed by atoms with E-state index in [1.54, 1.807) is 6.21 Å². The van der Waals surface area contributed by atoms with Crippen LogP contribution in [-0.2, 0) is 16.2 Å². The Bertz CT molecular complexity index is 744. The Morgan fingerprint density at radius 2 is 1.96 bits per heavy atom. The summed E-state index contributed by atoms with van der Waals surface area (Å²) in [6, 6.07) is 17.6. The van der Waals surface area contributed by atoms with Gasteiger partial charge >= 0.3 is 0 Å². The lowest BCUT2D eigenvalue weighted by molar-refractivity contribution is -0.137. The molecule has 3 rings (SSSR count). The van der Waals surface area contributed by atoms with Gasteiger partial charge in [-0.3, -0.25) is 4.79 Å². The summed E-state index contributed by atoms with van der Waals surface area (Å²) in [5.74, 6) is 1.36. The first-order valence-corrected chi connectivity index (χ1v) is 9.40. The van der Waals surface area contributed by atoms with E-state index in [0.717, 1.165) is 36.4 Å². The van der Waals surface area contributed by atoms with Crippen LogP contribution in [0.2, 0.25) is 0 Å². The lowest BCUT2D eigenvalue weighted by atomic mass is 10.0. The van der Waals surface area contributed by atoms with Crippen molar-refractivity contribution in [2.45, 2.75) is 26.4 Å². The van der Waals surface area contributed by atoms with Crippen molar-refractivity contribution in [3.63, 3.8) is 0 Å². The number of amides is 1. The van der Waals surface area contributed by atoms with Crippen molar-refractivity contribution in [1.29, 1.82) is 0 Å². The third kappa shape index (κ3) is 6.13. The Morgan fingerprint density at radius 3 is 2.70 bits per heavy atom. The van der Waals surface area contributed by atoms with Crippen LogP contribution in [-0.4, -0.2) is 36.7 Å². The summed E-state index contributed by atoms with van der Waals surface area (Å²) in [4.78, 5) is 19.1. The van der Waals surface area contributed by atoms with Gasteiger partial charge in [-0.15, -0.1) is 0 Å². The van der Waals surface area contributed by atoms with Crippen molar-refractivity contribution in [3.8, 4) is 5.75 Å². The van der Waals surface area contributed by atoms with E-state index in [2.05, 4.69) is 12.1 Å². The summed E-state index contributed by atoms with van der Waals surface area (Å²) in [5.41, 5.74) is 2.02. The molecule has 1 aliphatic heterocycles. The molecule has 5 heteroatoms. The second kappa shape index (κ2) is 9.76. The number of likely N-dealkylation sites (tertiary alicyclic amines) is 1. The molecule has 1 fully saturated rings. The molecule has 1 heterocycles. The fraction of sp³-hybridized carbons (Fsp3) is 0.364. The largest absolute Gasteiger partial charge is 0.489 e. The summed E-state index contributed by atoms with van der Waals surface area (Å²) in [7, 11) is 0. The van der Waals surface area contributed by atoms with Gasteiger partial charge in [0.15, 0.2) is 6.61 Å². The Morgan fingerprint density at radius 1 is 1.19 bits per heavy atom. The SMILES string of the molecule is CC1CCCN(C(=O)CO/N=C/c2ccc(OCc3ccccc3)cc2)C1. The average molecular weight is 366 g/mol. The molecule has 0 aromatic heterocycles. The zero-order valence-electron chi connectivity index (χ0n) is 15.7. The van der Waals surface area contributed by atoms with Gasteiger partial charge in [0, 0.05) is 13.1 Å². The standard InChI is InChI=1S/C22H26N2O3/c1-18-6-5-13-24(15-18)22(25)17-27-23-14-19-9-11-21(12-10-19)26-16-20-7-3-2-4-8-20/h2-4,7-12,14,18H,5-6,13,15-17H2,1H3/b23-14+. The lowest BCUT2D eigenvalue weighted by Crippen LogP contribution is -2.40. The molecular weight excluding hydrogens is 340 g/mol. The van der Waals surface area contributed by atoms with E-state index in [9.17, 15) is 4.79 Å². The van der Waals surface area contributed by atoms with Crippen molar-refractivity contribution in [3.05, 3.63) is 65.7 Å². The van der Waals surface area contributed by atoms with Gasteiger partial charge in [0.25, 0.3) is 5.91 Å². The van der Waals surface area contributed by atoms with Crippen molar-refractivity contribution in [2.24, 2.45) is 11.1 Å². The number of carbonyl (C=O) groups excluding carboxylic acids is 1. The summed E-state index contributed by atoms with van der Waals surface area (Å²) < 4.78 is 5.75. The molecule has 0 bridgehead atoms. The maximum atomic E-state index is 12.1. The van der Waals surface area contributed by atoms with E-state index >= 15 is 0 Å². The molecule has 0 aliphatic carbocycles. The highest BCUT2D eigenvalue weighted by molar-refractivity contribution is 5.80. The fourth-order valence-electron chi connectivity index (χ4n) is 3.09. The van der Waals surface area contributed by atoms with E-state index in [0.29, 0.717) is 12.5 Å². The molecule has 0 saturated carbocycles. The van der Waals surface area contributed by atoms with Crippen LogP contribution in [0.15, 0.2) is 59.8 Å². The highest BCUT2D eigenvalue weighted by Gasteiger charge is 2.20. The molecule has 1 aliphatic rings. The number of hydrogen-bond acceptors (Lipinski definition) is 4. The number of piperidine rings is 1. The molecule has 1 amide bonds. The van der Waals surface area contributed by atoms with Crippen LogP contribution in [0.1, 0.15) is 30.9 Å². The molecule has 1 unspecified atom stereocenters. The first-order chi connectivity index (χ1) is 13.2. The average Bonchev–Trinajstić information content (AvgIpc) is 2.71. The second-order valence-corrected chi connectivity index (χ2v) is 6.94. The number of carbonyl (C=O) groups is 1. The van der Waals surface area contributed by atoms with Gasteiger partial charge in [0.1, 0.15) is 12.4 Å². The summed E-state index contributed by atoms with van der Waals surface area (Å²) in [5, 5.41) is 3.91. The van der Waals surface area contributed by atoms with Gasteiger partial charge in [-0.25, -0.2) is 0 Å². The summed E-state index contributed by atoms with van der Waals surface area (Å²) in [6.45, 7) is 4.33. The number of hydrogen-bond donors (Lipinski definition) is 0. The minimum absolute atomic E-state index is 0.00311. The predicted molar refractivity (Wildman–Crippen MR) is 106 cm³/mol. The fourth-order valence-corrected chi connectivity index (χ4v) is 3.09. The van der Waals surface area contributed by atoms with Crippen molar-refractivity contribution >= 4 is 12.1 Å². The number of rotatable bonds is 7. The zero-order chi connectivity index (χ0) is 18.9. The number of oxime groups is 1. The van der Waals surface area contributed by atoms with Crippen molar-refractivity contribution in [1.82, 2.24) is 4.90 Å². The Balaban J connectivity index is 1.40. The molecule has 0 spiro atoms. The maximum Gasteiger partial charge on any atom is 0.263 e. The van der Waals surface area contributed by atoms with Crippen LogP contribution >= 0.6 is 0 Å². The van der Waals surface area contributed by atoms with Crippen LogP contribution in [0.25, 0.3) is 0 Å². The van der Waals surface area contributed by atoms with E-state index in [1.807, 2.05) is 59.5 Å². The molecule has 0 radical (unpaired) electrons. The zero-order valence-corrected chi connectivity index (χ0v) is 15.7. The quantitative estimate of drug-likeness (QED) is 0.552. The molecule has 142 valence electrons. The maximum absolute atomic E-state index is 12.1. The summed E-state index contributed by atoms with van der Waals surface area (Å²) >= 11 is 0. The second-order valence-electron chi connectivity index (χ2n) is 6.94. The van der Waals surface area contributed by atoms with Crippen LogP contribution in [0.5, 0.6) is 5.75 Å². The Kier molecular flexibility index (Phi) is 6.85. The molecule has 1 atom stereocenters. The topological polar surface area (TPSA) is 51.1 Å². The molecule has 5 nitrogen and oxygen atoms in total. The van der Waals surface area contributed by atoms with E-state index in [1.165, 1.54) is 6.42 Å². The smallest absolute Gasteiger partial charge is 0.263 e. The van der Waals surface area contributed by atoms with Crippen LogP contribution < -0.4 is 4.74 Å². The third-order valence-corrected chi connectivity index (χ3v) is 4.60. The van der Waals surface area contributed by atoms with Crippen molar-refractivity contribution < 1.29 is 14.4 Å². The van der Waals surface area contributed by atoms with Crippen LogP contribution in [0, 0.1) is 5.92 Å². The van der Waals surface area contributed by atoms with Crippen LogP contribution in [0.3, 0.4) is 0 Å².